The maximum atomic E-state index is 13.7. The fraction of sp³-hybridized carbons (Fsp3) is 0.261. The predicted octanol–water partition coefficient (Wildman–Crippen LogP) is 5.70. The van der Waals surface area contributed by atoms with Gasteiger partial charge in [0.05, 0.1) is 24.7 Å². The molecule has 0 N–H and O–H groups in total. The zero-order valence-electron chi connectivity index (χ0n) is 17.9. The van der Waals surface area contributed by atoms with Crippen LogP contribution in [-0.2, 0) is 9.47 Å². The minimum Gasteiger partial charge on any atom is -0.349 e. The van der Waals surface area contributed by atoms with Crippen LogP contribution in [0.1, 0.15) is 11.1 Å². The first-order valence-corrected chi connectivity index (χ1v) is 12.9. The van der Waals surface area contributed by atoms with Crippen LogP contribution in [0.2, 0.25) is 5.02 Å². The van der Waals surface area contributed by atoms with Crippen molar-refractivity contribution >= 4 is 57.3 Å². The quantitative estimate of drug-likeness (QED) is 0.192. The monoisotopic (exact) mass is 517 g/mol. The van der Waals surface area contributed by atoms with Crippen molar-refractivity contribution in [3.05, 3.63) is 72.9 Å². The Morgan fingerprint density at radius 1 is 1.12 bits per heavy atom. The standard InChI is InChI=1S/C23H20ClN3O3S3/c1-13-3-5-15(6-4-13)27-21(28)19-20(25-22(27)32-12-18-29-9-10-30-18)26(23(31)33-19)16-7-8-17(24)14(2)11-16/h3-8,11,18H,9-10,12H2,1-2H3. The summed E-state index contributed by atoms with van der Waals surface area (Å²) in [6, 6.07) is 13.5. The van der Waals surface area contributed by atoms with Gasteiger partial charge in [0.1, 0.15) is 4.70 Å². The lowest BCUT2D eigenvalue weighted by Gasteiger charge is -2.14. The first kappa shape index (κ1) is 22.8. The summed E-state index contributed by atoms with van der Waals surface area (Å²) in [6.45, 7) is 5.09. The van der Waals surface area contributed by atoms with Crippen molar-refractivity contribution in [2.45, 2.75) is 25.3 Å². The highest BCUT2D eigenvalue weighted by Gasteiger charge is 2.22. The van der Waals surface area contributed by atoms with Crippen molar-refractivity contribution < 1.29 is 9.47 Å². The third-order valence-electron chi connectivity index (χ3n) is 5.31. The Bertz CT molecular complexity index is 1450. The second kappa shape index (κ2) is 9.32. The summed E-state index contributed by atoms with van der Waals surface area (Å²) >= 11 is 14.6. The Morgan fingerprint density at radius 2 is 1.82 bits per heavy atom. The molecule has 0 aliphatic carbocycles. The van der Waals surface area contributed by atoms with Crippen LogP contribution in [0.3, 0.4) is 0 Å². The average Bonchev–Trinajstić information content (AvgIpc) is 3.43. The summed E-state index contributed by atoms with van der Waals surface area (Å²) in [6.07, 6.45) is -0.322. The van der Waals surface area contributed by atoms with E-state index in [1.165, 1.54) is 23.1 Å². The van der Waals surface area contributed by atoms with Gasteiger partial charge in [-0.15, -0.1) is 0 Å². The van der Waals surface area contributed by atoms with Crippen molar-refractivity contribution in [1.29, 1.82) is 0 Å². The number of halogens is 1. The Labute approximate surface area is 208 Å². The summed E-state index contributed by atoms with van der Waals surface area (Å²) in [5.41, 5.74) is 4.00. The van der Waals surface area contributed by atoms with Crippen molar-refractivity contribution in [3.63, 3.8) is 0 Å². The van der Waals surface area contributed by atoms with Gasteiger partial charge >= 0.3 is 0 Å². The number of ether oxygens (including phenoxy) is 2. The molecule has 3 heterocycles. The second-order valence-corrected chi connectivity index (χ2v) is 10.7. The van der Waals surface area contributed by atoms with Crippen molar-refractivity contribution in [3.8, 4) is 11.4 Å². The molecule has 0 bridgehead atoms. The van der Waals surface area contributed by atoms with Crippen molar-refractivity contribution in [2.75, 3.05) is 19.0 Å². The van der Waals surface area contributed by atoms with Gasteiger partial charge in [0.15, 0.2) is 21.0 Å². The third-order valence-corrected chi connectivity index (χ3v) is 8.05. The second-order valence-electron chi connectivity index (χ2n) is 7.64. The fourth-order valence-electron chi connectivity index (χ4n) is 3.60. The molecule has 2 aromatic heterocycles. The summed E-state index contributed by atoms with van der Waals surface area (Å²) < 4.78 is 15.7. The van der Waals surface area contributed by atoms with Gasteiger partial charge in [-0.25, -0.2) is 4.98 Å². The highest BCUT2D eigenvalue weighted by atomic mass is 35.5. The van der Waals surface area contributed by atoms with Gasteiger partial charge in [-0.3, -0.25) is 13.9 Å². The molecule has 1 aliphatic heterocycles. The van der Waals surface area contributed by atoms with E-state index in [1.54, 1.807) is 4.57 Å². The molecule has 170 valence electrons. The van der Waals surface area contributed by atoms with Gasteiger partial charge in [-0.05, 0) is 62.0 Å². The Kier molecular flexibility index (Phi) is 6.43. The molecule has 10 heteroatoms. The summed E-state index contributed by atoms with van der Waals surface area (Å²) in [7, 11) is 0. The minimum atomic E-state index is -0.322. The van der Waals surface area contributed by atoms with Gasteiger partial charge < -0.3 is 9.47 Å². The van der Waals surface area contributed by atoms with Crippen LogP contribution in [0.25, 0.3) is 21.7 Å². The highest BCUT2D eigenvalue weighted by molar-refractivity contribution is 7.99. The molecular formula is C23H20ClN3O3S3. The maximum absolute atomic E-state index is 13.7. The van der Waals surface area contributed by atoms with E-state index >= 15 is 0 Å². The molecule has 0 atom stereocenters. The first-order chi connectivity index (χ1) is 15.9. The molecule has 0 amide bonds. The zero-order chi connectivity index (χ0) is 23.1. The van der Waals surface area contributed by atoms with Gasteiger partial charge in [-0.2, -0.15) is 0 Å². The average molecular weight is 518 g/mol. The number of hydrogen-bond donors (Lipinski definition) is 0. The Balaban J connectivity index is 1.71. The van der Waals surface area contributed by atoms with Crippen LogP contribution >= 0.6 is 46.9 Å². The molecule has 1 fully saturated rings. The summed E-state index contributed by atoms with van der Waals surface area (Å²) in [5.74, 6) is 0.523. The Morgan fingerprint density at radius 3 is 2.52 bits per heavy atom. The number of benzene rings is 2. The van der Waals surface area contributed by atoms with Crippen LogP contribution in [-0.4, -0.2) is 39.4 Å². The van der Waals surface area contributed by atoms with Crippen LogP contribution in [0.15, 0.2) is 52.4 Å². The maximum Gasteiger partial charge on any atom is 0.278 e. The zero-order valence-corrected chi connectivity index (χ0v) is 21.1. The minimum absolute atomic E-state index is 0.153. The van der Waals surface area contributed by atoms with E-state index in [0.717, 1.165) is 22.5 Å². The number of fused-ring (bicyclic) bond motifs is 1. The largest absolute Gasteiger partial charge is 0.349 e. The molecule has 1 saturated heterocycles. The number of thioether (sulfide) groups is 1. The molecule has 5 rings (SSSR count). The molecule has 0 unspecified atom stereocenters. The molecule has 1 aliphatic rings. The summed E-state index contributed by atoms with van der Waals surface area (Å²) in [5, 5.41) is 1.23. The number of aryl methyl sites for hydroxylation is 2. The van der Waals surface area contributed by atoms with E-state index in [2.05, 4.69) is 0 Å². The van der Waals surface area contributed by atoms with E-state index in [1.807, 2.05) is 60.9 Å². The van der Waals surface area contributed by atoms with Gasteiger partial charge in [0.2, 0.25) is 0 Å². The van der Waals surface area contributed by atoms with E-state index in [0.29, 0.717) is 43.4 Å². The summed E-state index contributed by atoms with van der Waals surface area (Å²) in [4.78, 5) is 18.7. The molecule has 4 aromatic rings. The first-order valence-electron chi connectivity index (χ1n) is 10.3. The van der Waals surface area contributed by atoms with E-state index in [4.69, 9.17) is 38.3 Å². The molecule has 0 radical (unpaired) electrons. The highest BCUT2D eigenvalue weighted by Crippen LogP contribution is 2.29. The van der Waals surface area contributed by atoms with E-state index in [9.17, 15) is 4.79 Å². The number of aromatic nitrogens is 3. The van der Waals surface area contributed by atoms with Crippen LogP contribution in [0.4, 0.5) is 0 Å². The van der Waals surface area contributed by atoms with Crippen molar-refractivity contribution in [1.82, 2.24) is 14.1 Å². The topological polar surface area (TPSA) is 58.3 Å². The lowest BCUT2D eigenvalue weighted by atomic mass is 10.2. The van der Waals surface area contributed by atoms with Gasteiger partial charge in [0, 0.05) is 10.7 Å². The lowest BCUT2D eigenvalue weighted by Crippen LogP contribution is -2.22. The number of nitrogens with zero attached hydrogens (tertiary/aromatic N) is 3. The van der Waals surface area contributed by atoms with E-state index < -0.39 is 0 Å². The number of rotatable bonds is 5. The Hall–Kier alpha value is -2.01. The van der Waals surface area contributed by atoms with Gasteiger partial charge in [0.25, 0.3) is 5.56 Å². The number of thiazole rings is 1. The molecule has 33 heavy (non-hydrogen) atoms. The lowest BCUT2D eigenvalue weighted by molar-refractivity contribution is -0.0215. The fourth-order valence-corrected chi connectivity index (χ4v) is 5.97. The van der Waals surface area contributed by atoms with Crippen LogP contribution < -0.4 is 5.56 Å². The normalized spacial score (nSPS) is 14.4. The van der Waals surface area contributed by atoms with Crippen molar-refractivity contribution in [2.24, 2.45) is 0 Å². The predicted molar refractivity (Wildman–Crippen MR) is 136 cm³/mol. The number of hydrogen-bond acceptors (Lipinski definition) is 7. The molecular weight excluding hydrogens is 498 g/mol. The van der Waals surface area contributed by atoms with Gasteiger partial charge in [-0.1, -0.05) is 52.4 Å². The van der Waals surface area contributed by atoms with E-state index in [-0.39, 0.29) is 11.8 Å². The van der Waals surface area contributed by atoms with Crippen LogP contribution in [0.5, 0.6) is 0 Å². The third kappa shape index (κ3) is 4.41. The molecule has 0 saturated carbocycles. The SMILES string of the molecule is Cc1ccc(-n2c(SCC3OCCO3)nc3c(sc(=S)n3-c3ccc(Cl)c(C)c3)c2=O)cc1. The molecule has 0 spiro atoms. The molecule has 2 aromatic carbocycles. The van der Waals surface area contributed by atoms with Crippen LogP contribution in [0, 0.1) is 17.8 Å². The smallest absolute Gasteiger partial charge is 0.278 e. The molecule has 6 nitrogen and oxygen atoms in total.